The summed E-state index contributed by atoms with van der Waals surface area (Å²) in [5.41, 5.74) is 3.24. The Hall–Kier alpha value is -4.00. The van der Waals surface area contributed by atoms with Crippen LogP contribution in [0.4, 0.5) is 0 Å². The smallest absolute Gasteiger partial charge is 0.291 e. The average molecular weight is 516 g/mol. The largest absolute Gasteiger partial charge is 0.490 e. The van der Waals surface area contributed by atoms with E-state index in [1.54, 1.807) is 17.2 Å². The summed E-state index contributed by atoms with van der Waals surface area (Å²) in [7, 11) is 0. The summed E-state index contributed by atoms with van der Waals surface area (Å²) in [6, 6.07) is 12.2. The zero-order chi connectivity index (χ0) is 27.0. The number of hydrogen-bond donors (Lipinski definition) is 0. The number of benzene rings is 2. The predicted octanol–water partition coefficient (Wildman–Crippen LogP) is 6.57. The van der Waals surface area contributed by atoms with E-state index in [1.165, 1.54) is 0 Å². The molecule has 7 nitrogen and oxygen atoms in total. The molecule has 2 aromatic carbocycles. The number of amides is 1. The second-order valence-corrected chi connectivity index (χ2v) is 10.2. The van der Waals surface area contributed by atoms with Crippen molar-refractivity contribution in [2.24, 2.45) is 5.92 Å². The van der Waals surface area contributed by atoms with E-state index >= 15 is 0 Å². The molecular formula is C31H33NO6. The molecule has 0 spiro atoms. The second-order valence-electron chi connectivity index (χ2n) is 10.2. The van der Waals surface area contributed by atoms with Gasteiger partial charge in [-0.05, 0) is 86.2 Å². The van der Waals surface area contributed by atoms with Crippen LogP contribution in [0.15, 0.2) is 62.4 Å². The van der Waals surface area contributed by atoms with E-state index in [-0.39, 0.29) is 23.6 Å². The van der Waals surface area contributed by atoms with E-state index in [0.29, 0.717) is 52.9 Å². The average Bonchev–Trinajstić information content (AvgIpc) is 3.49. The maximum absolute atomic E-state index is 13.9. The Morgan fingerprint density at radius 1 is 1.00 bits per heavy atom. The van der Waals surface area contributed by atoms with Crippen LogP contribution in [0.2, 0.25) is 0 Å². The molecule has 198 valence electrons. The number of carbonyl (C=O) groups is 1. The van der Waals surface area contributed by atoms with E-state index in [1.807, 2.05) is 57.2 Å². The van der Waals surface area contributed by atoms with Gasteiger partial charge in [0.25, 0.3) is 5.91 Å². The van der Waals surface area contributed by atoms with Gasteiger partial charge >= 0.3 is 0 Å². The van der Waals surface area contributed by atoms with E-state index in [9.17, 15) is 9.59 Å². The number of rotatable bonds is 9. The molecule has 1 unspecified atom stereocenters. The second kappa shape index (κ2) is 10.4. The minimum Gasteiger partial charge on any atom is -0.490 e. The molecule has 4 aromatic rings. The van der Waals surface area contributed by atoms with E-state index in [0.717, 1.165) is 23.1 Å². The number of fused-ring (bicyclic) bond motifs is 2. The lowest BCUT2D eigenvalue weighted by Gasteiger charge is -2.25. The molecule has 7 heteroatoms. The molecule has 2 aromatic heterocycles. The number of aryl methyl sites for hydroxylation is 2. The normalized spacial score (nSPS) is 14.9. The van der Waals surface area contributed by atoms with Gasteiger partial charge in [0.2, 0.25) is 5.76 Å². The van der Waals surface area contributed by atoms with Crippen molar-refractivity contribution in [3.05, 3.63) is 92.7 Å². The van der Waals surface area contributed by atoms with Crippen LogP contribution in [0.25, 0.3) is 11.0 Å². The summed E-state index contributed by atoms with van der Waals surface area (Å²) in [5.74, 6) is 2.05. The van der Waals surface area contributed by atoms with E-state index in [2.05, 4.69) is 13.8 Å². The van der Waals surface area contributed by atoms with Crippen molar-refractivity contribution in [2.75, 3.05) is 13.2 Å². The van der Waals surface area contributed by atoms with Gasteiger partial charge in [0.15, 0.2) is 16.9 Å². The van der Waals surface area contributed by atoms with Gasteiger partial charge in [-0.15, -0.1) is 0 Å². The van der Waals surface area contributed by atoms with E-state index < -0.39 is 6.04 Å². The van der Waals surface area contributed by atoms with Crippen molar-refractivity contribution < 1.29 is 23.1 Å². The summed E-state index contributed by atoms with van der Waals surface area (Å²) in [5, 5.41) is 0.461. The molecule has 0 bridgehead atoms. The van der Waals surface area contributed by atoms with Crippen LogP contribution in [-0.4, -0.2) is 24.0 Å². The molecule has 0 saturated carbocycles. The Morgan fingerprint density at radius 3 is 2.50 bits per heavy atom. The topological polar surface area (TPSA) is 82.1 Å². The molecule has 1 amide bonds. The Morgan fingerprint density at radius 2 is 1.79 bits per heavy atom. The van der Waals surface area contributed by atoms with Gasteiger partial charge in [0.05, 0.1) is 43.0 Å². The number of ether oxygens (including phenoxy) is 2. The summed E-state index contributed by atoms with van der Waals surface area (Å²) in [4.78, 5) is 29.3. The molecule has 3 heterocycles. The summed E-state index contributed by atoms with van der Waals surface area (Å²) in [6.45, 7) is 11.3. The lowest BCUT2D eigenvalue weighted by molar-refractivity contribution is 0.0701. The maximum atomic E-state index is 13.9. The van der Waals surface area contributed by atoms with Gasteiger partial charge < -0.3 is 23.2 Å². The highest BCUT2D eigenvalue weighted by Crippen LogP contribution is 2.42. The molecule has 0 saturated heterocycles. The zero-order valence-corrected chi connectivity index (χ0v) is 22.5. The Kier molecular flexibility index (Phi) is 7.02. The third kappa shape index (κ3) is 4.69. The van der Waals surface area contributed by atoms with E-state index in [4.69, 9.17) is 18.3 Å². The fraction of sp³-hybridized carbons (Fsp3) is 0.355. The molecule has 0 fully saturated rings. The molecule has 1 atom stereocenters. The Labute approximate surface area is 222 Å². The van der Waals surface area contributed by atoms with Crippen molar-refractivity contribution in [2.45, 2.75) is 53.6 Å². The Bertz CT molecular complexity index is 1530. The maximum Gasteiger partial charge on any atom is 0.291 e. The minimum atomic E-state index is -0.672. The van der Waals surface area contributed by atoms with Crippen LogP contribution >= 0.6 is 0 Å². The molecule has 5 rings (SSSR count). The summed E-state index contributed by atoms with van der Waals surface area (Å²) >= 11 is 0. The molecule has 0 radical (unpaired) electrons. The first-order valence-electron chi connectivity index (χ1n) is 13.1. The Balaban J connectivity index is 1.65. The van der Waals surface area contributed by atoms with Crippen molar-refractivity contribution in [1.82, 2.24) is 4.90 Å². The standard InChI is InChI=1S/C31H33NO6/c1-6-35-26-16-21(9-10-24(26)37-13-11-18(2)3)28-27-29(33)23-14-19(4)20(5)15-25(23)38-30(27)31(34)32(28)17-22-8-7-12-36-22/h7-10,12,14-16,18,28H,6,11,13,17H2,1-5H3. The number of furan rings is 1. The lowest BCUT2D eigenvalue weighted by Crippen LogP contribution is -2.29. The van der Waals surface area contributed by atoms with Crippen LogP contribution in [0.5, 0.6) is 11.5 Å². The molecule has 0 aliphatic carbocycles. The predicted molar refractivity (Wildman–Crippen MR) is 145 cm³/mol. The summed E-state index contributed by atoms with van der Waals surface area (Å²) in [6.07, 6.45) is 2.49. The molecule has 0 N–H and O–H groups in total. The van der Waals surface area contributed by atoms with Crippen molar-refractivity contribution in [1.29, 1.82) is 0 Å². The SMILES string of the molecule is CCOc1cc(C2c3c(oc4cc(C)c(C)cc4c3=O)C(=O)N2Cc2ccco2)ccc1OCCC(C)C. The van der Waals surface area contributed by atoms with Crippen LogP contribution in [0.1, 0.15) is 71.8 Å². The quantitative estimate of drug-likeness (QED) is 0.251. The third-order valence-electron chi connectivity index (χ3n) is 7.02. The number of carbonyl (C=O) groups excluding carboxylic acids is 1. The van der Waals surface area contributed by atoms with Crippen LogP contribution < -0.4 is 14.9 Å². The van der Waals surface area contributed by atoms with Gasteiger partial charge in [-0.2, -0.15) is 0 Å². The first-order valence-corrected chi connectivity index (χ1v) is 13.1. The van der Waals surface area contributed by atoms with Crippen molar-refractivity contribution in [3.8, 4) is 11.5 Å². The highest BCUT2D eigenvalue weighted by molar-refractivity contribution is 5.99. The fourth-order valence-electron chi connectivity index (χ4n) is 4.84. The lowest BCUT2D eigenvalue weighted by atomic mass is 9.97. The molecular weight excluding hydrogens is 482 g/mol. The fourth-order valence-corrected chi connectivity index (χ4v) is 4.84. The van der Waals surface area contributed by atoms with Crippen molar-refractivity contribution in [3.63, 3.8) is 0 Å². The molecule has 1 aliphatic heterocycles. The molecule has 1 aliphatic rings. The van der Waals surface area contributed by atoms with Crippen LogP contribution in [0.3, 0.4) is 0 Å². The van der Waals surface area contributed by atoms with Gasteiger partial charge in [0.1, 0.15) is 11.3 Å². The van der Waals surface area contributed by atoms with Gasteiger partial charge in [-0.3, -0.25) is 9.59 Å². The first-order chi connectivity index (χ1) is 18.3. The minimum absolute atomic E-state index is 0.0672. The highest BCUT2D eigenvalue weighted by Gasteiger charge is 2.43. The van der Waals surface area contributed by atoms with Gasteiger partial charge in [0, 0.05) is 0 Å². The third-order valence-corrected chi connectivity index (χ3v) is 7.02. The first kappa shape index (κ1) is 25.6. The summed E-state index contributed by atoms with van der Waals surface area (Å²) < 4.78 is 23.7. The number of hydrogen-bond acceptors (Lipinski definition) is 6. The van der Waals surface area contributed by atoms with Crippen LogP contribution in [-0.2, 0) is 6.54 Å². The number of nitrogens with zero attached hydrogens (tertiary/aromatic N) is 1. The highest BCUT2D eigenvalue weighted by atomic mass is 16.5. The van der Waals surface area contributed by atoms with Crippen molar-refractivity contribution >= 4 is 16.9 Å². The van der Waals surface area contributed by atoms with Gasteiger partial charge in [-0.1, -0.05) is 19.9 Å². The van der Waals surface area contributed by atoms with Crippen LogP contribution in [0, 0.1) is 19.8 Å². The molecule has 38 heavy (non-hydrogen) atoms. The van der Waals surface area contributed by atoms with Gasteiger partial charge in [-0.25, -0.2) is 0 Å². The monoisotopic (exact) mass is 515 g/mol. The zero-order valence-electron chi connectivity index (χ0n) is 22.5.